The second-order valence-electron chi connectivity index (χ2n) is 7.43. The standard InChI is InChI=1S/C16H23N7/c1-2-10(1)13-8-23(6-5-12-7-17-22-19-12)9-14(13)16-18-15(20-21-16)11-3-4-11/h7,10-11,13-14H,1-6,8-9H2,(H,17,19,22)(H,18,20,21)/t13-,14+/m1/s1. The molecule has 5 rings (SSSR count). The number of hydrogen-bond donors (Lipinski definition) is 2. The van der Waals surface area contributed by atoms with Crippen LogP contribution < -0.4 is 0 Å². The molecule has 2 aromatic heterocycles. The van der Waals surface area contributed by atoms with Gasteiger partial charge in [-0.3, -0.25) is 5.10 Å². The minimum Gasteiger partial charge on any atom is -0.302 e. The molecule has 0 amide bonds. The Morgan fingerprint density at radius 1 is 1.13 bits per heavy atom. The number of rotatable bonds is 6. The van der Waals surface area contributed by atoms with Crippen molar-refractivity contribution >= 4 is 0 Å². The highest BCUT2D eigenvalue weighted by Crippen LogP contribution is 2.47. The first-order valence-corrected chi connectivity index (χ1v) is 8.86. The summed E-state index contributed by atoms with van der Waals surface area (Å²) < 4.78 is 0. The molecule has 7 nitrogen and oxygen atoms in total. The van der Waals surface area contributed by atoms with Crippen molar-refractivity contribution in [2.45, 2.75) is 43.9 Å². The van der Waals surface area contributed by atoms with Gasteiger partial charge in [-0.2, -0.15) is 20.5 Å². The number of H-pyrrole nitrogens is 2. The van der Waals surface area contributed by atoms with Crippen LogP contribution in [0, 0.1) is 11.8 Å². The van der Waals surface area contributed by atoms with Gasteiger partial charge in [0.15, 0.2) is 5.82 Å². The van der Waals surface area contributed by atoms with Gasteiger partial charge in [-0.05, 0) is 37.5 Å². The molecule has 1 aliphatic heterocycles. The molecule has 1 saturated heterocycles. The Labute approximate surface area is 135 Å². The van der Waals surface area contributed by atoms with E-state index in [1.807, 2.05) is 6.20 Å². The Bertz CT molecular complexity index is 656. The van der Waals surface area contributed by atoms with E-state index in [0.717, 1.165) is 48.7 Å². The van der Waals surface area contributed by atoms with Crippen molar-refractivity contribution < 1.29 is 0 Å². The molecule has 2 atom stereocenters. The van der Waals surface area contributed by atoms with Gasteiger partial charge in [-0.25, -0.2) is 4.98 Å². The van der Waals surface area contributed by atoms with Gasteiger partial charge >= 0.3 is 0 Å². The van der Waals surface area contributed by atoms with E-state index in [9.17, 15) is 0 Å². The first kappa shape index (κ1) is 13.7. The van der Waals surface area contributed by atoms with Crippen molar-refractivity contribution in [1.29, 1.82) is 0 Å². The summed E-state index contributed by atoms with van der Waals surface area (Å²) >= 11 is 0. The first-order valence-electron chi connectivity index (χ1n) is 8.86. The molecule has 3 aliphatic rings. The Morgan fingerprint density at radius 2 is 2.04 bits per heavy atom. The topological polar surface area (TPSA) is 86.4 Å². The summed E-state index contributed by atoms with van der Waals surface area (Å²) in [5, 5.41) is 18.5. The molecule has 0 unspecified atom stereocenters. The summed E-state index contributed by atoms with van der Waals surface area (Å²) in [6.45, 7) is 3.33. The van der Waals surface area contributed by atoms with Crippen LogP contribution in [-0.4, -0.2) is 55.1 Å². The summed E-state index contributed by atoms with van der Waals surface area (Å²) in [5.74, 6) is 4.98. The highest BCUT2D eigenvalue weighted by molar-refractivity contribution is 5.12. The molecule has 2 aromatic rings. The molecule has 7 heteroatoms. The quantitative estimate of drug-likeness (QED) is 0.843. The SMILES string of the molecule is c1n[nH]nc1CCN1C[C@H](c2nc(C3CC3)n[nH]2)[C@@H](C2CC2)C1. The monoisotopic (exact) mass is 313 g/mol. The Balaban J connectivity index is 1.28. The molecule has 122 valence electrons. The average Bonchev–Trinajstić information content (AvgIpc) is 3.44. The molecule has 0 spiro atoms. The van der Waals surface area contributed by atoms with Gasteiger partial charge < -0.3 is 4.90 Å². The van der Waals surface area contributed by atoms with Gasteiger partial charge in [0.05, 0.1) is 11.9 Å². The number of nitrogens with one attached hydrogen (secondary N) is 2. The zero-order chi connectivity index (χ0) is 15.2. The molecule has 2 N–H and O–H groups in total. The van der Waals surface area contributed by atoms with Crippen LogP contribution in [0.15, 0.2) is 6.20 Å². The second-order valence-corrected chi connectivity index (χ2v) is 7.43. The number of aromatic amines is 2. The lowest BCUT2D eigenvalue weighted by molar-refractivity contribution is 0.320. The largest absolute Gasteiger partial charge is 0.302 e. The number of nitrogens with zero attached hydrogens (tertiary/aromatic N) is 5. The van der Waals surface area contributed by atoms with Crippen LogP contribution in [0.1, 0.15) is 54.9 Å². The Morgan fingerprint density at radius 3 is 2.78 bits per heavy atom. The molecule has 0 radical (unpaired) electrons. The lowest BCUT2D eigenvalue weighted by Crippen LogP contribution is -2.24. The zero-order valence-corrected chi connectivity index (χ0v) is 13.3. The maximum atomic E-state index is 4.84. The van der Waals surface area contributed by atoms with Gasteiger partial charge in [-0.1, -0.05) is 0 Å². The normalized spacial score (nSPS) is 28.5. The second kappa shape index (κ2) is 5.40. The highest BCUT2D eigenvalue weighted by Gasteiger charge is 2.44. The van der Waals surface area contributed by atoms with Crippen molar-refractivity contribution in [3.63, 3.8) is 0 Å². The van der Waals surface area contributed by atoms with E-state index < -0.39 is 0 Å². The van der Waals surface area contributed by atoms with E-state index >= 15 is 0 Å². The van der Waals surface area contributed by atoms with Crippen LogP contribution in [0.3, 0.4) is 0 Å². The molecule has 3 fully saturated rings. The number of likely N-dealkylation sites (tertiary alicyclic amines) is 1. The molecule has 0 bridgehead atoms. The lowest BCUT2D eigenvalue weighted by atomic mass is 9.91. The summed E-state index contributed by atoms with van der Waals surface area (Å²) in [6.07, 6.45) is 8.09. The third-order valence-corrected chi connectivity index (χ3v) is 5.63. The minimum atomic E-state index is 0.528. The fraction of sp³-hybridized carbons (Fsp3) is 0.750. The molecule has 2 aliphatic carbocycles. The van der Waals surface area contributed by atoms with Crippen molar-refractivity contribution in [2.75, 3.05) is 19.6 Å². The molecule has 3 heterocycles. The third-order valence-electron chi connectivity index (χ3n) is 5.63. The maximum absolute atomic E-state index is 4.84. The van der Waals surface area contributed by atoms with E-state index in [4.69, 9.17) is 4.98 Å². The average molecular weight is 313 g/mol. The van der Waals surface area contributed by atoms with Crippen molar-refractivity contribution in [1.82, 2.24) is 35.5 Å². The Hall–Kier alpha value is -1.76. The van der Waals surface area contributed by atoms with Crippen LogP contribution in [0.5, 0.6) is 0 Å². The fourth-order valence-corrected chi connectivity index (χ4v) is 3.98. The fourth-order valence-electron chi connectivity index (χ4n) is 3.98. The molecular weight excluding hydrogens is 290 g/mol. The summed E-state index contributed by atoms with van der Waals surface area (Å²) in [5.41, 5.74) is 1.05. The maximum Gasteiger partial charge on any atom is 0.153 e. The van der Waals surface area contributed by atoms with Crippen LogP contribution in [0.2, 0.25) is 0 Å². The summed E-state index contributed by atoms with van der Waals surface area (Å²) in [4.78, 5) is 7.41. The van der Waals surface area contributed by atoms with Crippen LogP contribution >= 0.6 is 0 Å². The first-order chi connectivity index (χ1) is 11.4. The third kappa shape index (κ3) is 2.78. The number of aromatic nitrogens is 6. The van der Waals surface area contributed by atoms with Crippen molar-refractivity contribution in [3.8, 4) is 0 Å². The molecule has 2 saturated carbocycles. The van der Waals surface area contributed by atoms with Crippen LogP contribution in [-0.2, 0) is 6.42 Å². The molecule has 0 aromatic carbocycles. The van der Waals surface area contributed by atoms with E-state index in [-0.39, 0.29) is 0 Å². The molecule has 23 heavy (non-hydrogen) atoms. The smallest absolute Gasteiger partial charge is 0.153 e. The van der Waals surface area contributed by atoms with Gasteiger partial charge in [0, 0.05) is 37.9 Å². The van der Waals surface area contributed by atoms with E-state index in [1.165, 1.54) is 32.2 Å². The zero-order valence-electron chi connectivity index (χ0n) is 13.3. The summed E-state index contributed by atoms with van der Waals surface area (Å²) in [7, 11) is 0. The van der Waals surface area contributed by atoms with Crippen LogP contribution in [0.4, 0.5) is 0 Å². The van der Waals surface area contributed by atoms with Crippen LogP contribution in [0.25, 0.3) is 0 Å². The van der Waals surface area contributed by atoms with E-state index in [0.29, 0.717) is 11.8 Å². The predicted molar refractivity (Wildman–Crippen MR) is 83.8 cm³/mol. The summed E-state index contributed by atoms with van der Waals surface area (Å²) in [6, 6.07) is 0. The lowest BCUT2D eigenvalue weighted by Gasteiger charge is -2.14. The van der Waals surface area contributed by atoms with Gasteiger partial charge in [0.25, 0.3) is 0 Å². The minimum absolute atomic E-state index is 0.528. The highest BCUT2D eigenvalue weighted by atomic mass is 15.3. The van der Waals surface area contributed by atoms with Gasteiger partial charge in [0.1, 0.15) is 5.82 Å². The van der Waals surface area contributed by atoms with E-state index in [1.54, 1.807) is 0 Å². The van der Waals surface area contributed by atoms with Crippen molar-refractivity contribution in [3.05, 3.63) is 23.5 Å². The predicted octanol–water partition coefficient (Wildman–Crippen LogP) is 1.47. The van der Waals surface area contributed by atoms with Crippen molar-refractivity contribution in [2.24, 2.45) is 11.8 Å². The van der Waals surface area contributed by atoms with E-state index in [2.05, 4.69) is 30.5 Å². The van der Waals surface area contributed by atoms with Gasteiger partial charge in [-0.15, -0.1) is 0 Å². The Kier molecular flexibility index (Phi) is 3.21. The number of hydrogen-bond acceptors (Lipinski definition) is 5. The van der Waals surface area contributed by atoms with Gasteiger partial charge in [0.2, 0.25) is 0 Å². The molecular formula is C16H23N7.